The van der Waals surface area contributed by atoms with Gasteiger partial charge in [0.15, 0.2) is 0 Å². The summed E-state index contributed by atoms with van der Waals surface area (Å²) >= 11 is 1.23. The summed E-state index contributed by atoms with van der Waals surface area (Å²) in [7, 11) is -3.55. The lowest BCUT2D eigenvalue weighted by atomic mass is 9.97. The largest absolute Gasteiger partial charge is 0.366 e. The minimum Gasteiger partial charge on any atom is -0.366 e. The molecule has 9 heteroatoms. The second-order valence-corrected chi connectivity index (χ2v) is 9.36. The first-order valence-corrected chi connectivity index (χ1v) is 10.9. The summed E-state index contributed by atoms with van der Waals surface area (Å²) in [6.45, 7) is 2.46. The summed E-state index contributed by atoms with van der Waals surface area (Å²) in [4.78, 5) is 24.1. The van der Waals surface area contributed by atoms with Crippen LogP contribution in [0.5, 0.6) is 0 Å². The molecule has 1 aliphatic heterocycles. The maximum Gasteiger partial charge on any atom is 0.251 e. The lowest BCUT2D eigenvalue weighted by Crippen LogP contribution is -2.41. The number of aryl methyl sites for hydroxylation is 1. The Bertz CT molecular complexity index is 943. The SMILES string of the molecule is Cc1ccc(S(=O)(=O)N2CCC(C(=O)Nc3sccc3C(N)=O)CC2)cc1. The second-order valence-electron chi connectivity index (χ2n) is 6.51. The normalized spacial score (nSPS) is 16.2. The molecule has 144 valence electrons. The quantitative estimate of drug-likeness (QED) is 0.792. The number of piperidine rings is 1. The molecule has 2 heterocycles. The Labute approximate surface area is 162 Å². The van der Waals surface area contributed by atoms with Crippen molar-refractivity contribution >= 4 is 38.2 Å². The van der Waals surface area contributed by atoms with Crippen LogP contribution in [0.25, 0.3) is 0 Å². The van der Waals surface area contributed by atoms with Crippen LogP contribution < -0.4 is 11.1 Å². The third kappa shape index (κ3) is 4.20. The Kier molecular flexibility index (Phi) is 5.64. The molecule has 1 saturated heterocycles. The number of primary amides is 1. The number of anilines is 1. The number of nitrogens with two attached hydrogens (primary N) is 1. The molecule has 3 N–H and O–H groups in total. The molecule has 2 amide bonds. The number of sulfonamides is 1. The number of thiophene rings is 1. The maximum atomic E-state index is 12.7. The van der Waals surface area contributed by atoms with E-state index in [2.05, 4.69) is 5.32 Å². The highest BCUT2D eigenvalue weighted by Gasteiger charge is 2.32. The zero-order chi connectivity index (χ0) is 19.6. The van der Waals surface area contributed by atoms with Gasteiger partial charge in [-0.05, 0) is 43.3 Å². The second kappa shape index (κ2) is 7.79. The number of rotatable bonds is 5. The van der Waals surface area contributed by atoms with Gasteiger partial charge in [0.05, 0.1) is 10.5 Å². The predicted molar refractivity (Wildman–Crippen MR) is 104 cm³/mol. The first kappa shape index (κ1) is 19.5. The first-order valence-electron chi connectivity index (χ1n) is 8.54. The molecule has 3 rings (SSSR count). The van der Waals surface area contributed by atoms with Gasteiger partial charge in [0.2, 0.25) is 15.9 Å². The number of carbonyl (C=O) groups is 2. The minimum absolute atomic E-state index is 0.215. The highest BCUT2D eigenvalue weighted by atomic mass is 32.2. The van der Waals surface area contributed by atoms with E-state index < -0.39 is 15.9 Å². The van der Waals surface area contributed by atoms with E-state index in [0.29, 0.717) is 17.8 Å². The van der Waals surface area contributed by atoms with Gasteiger partial charge in [-0.2, -0.15) is 4.31 Å². The summed E-state index contributed by atoms with van der Waals surface area (Å²) in [5.41, 5.74) is 6.57. The van der Waals surface area contributed by atoms with Crippen molar-refractivity contribution in [1.29, 1.82) is 0 Å². The van der Waals surface area contributed by atoms with Crippen LogP contribution in [-0.2, 0) is 14.8 Å². The van der Waals surface area contributed by atoms with Crippen LogP contribution >= 0.6 is 11.3 Å². The first-order chi connectivity index (χ1) is 12.8. The van der Waals surface area contributed by atoms with Gasteiger partial charge in [0.1, 0.15) is 5.00 Å². The van der Waals surface area contributed by atoms with Crippen molar-refractivity contribution < 1.29 is 18.0 Å². The summed E-state index contributed by atoms with van der Waals surface area (Å²) in [6.07, 6.45) is 0.850. The number of hydrogen-bond donors (Lipinski definition) is 2. The lowest BCUT2D eigenvalue weighted by Gasteiger charge is -2.30. The number of hydrogen-bond acceptors (Lipinski definition) is 5. The minimum atomic E-state index is -3.55. The molecule has 0 radical (unpaired) electrons. The zero-order valence-corrected chi connectivity index (χ0v) is 16.5. The van der Waals surface area contributed by atoms with Crippen molar-refractivity contribution in [2.45, 2.75) is 24.7 Å². The van der Waals surface area contributed by atoms with E-state index in [1.165, 1.54) is 15.6 Å². The Morgan fingerprint density at radius 1 is 1.15 bits per heavy atom. The standard InChI is InChI=1S/C18H21N3O4S2/c1-12-2-4-14(5-3-12)27(24,25)21-9-6-13(7-10-21)17(23)20-18-15(16(19)22)8-11-26-18/h2-5,8,11,13H,6-7,9-10H2,1H3,(H2,19,22)(H,20,23). The zero-order valence-electron chi connectivity index (χ0n) is 14.8. The van der Waals surface area contributed by atoms with Gasteiger partial charge >= 0.3 is 0 Å². The van der Waals surface area contributed by atoms with E-state index in [0.717, 1.165) is 5.56 Å². The van der Waals surface area contributed by atoms with Crippen LogP contribution in [0.4, 0.5) is 5.00 Å². The predicted octanol–water partition coefficient (Wildman–Crippen LogP) is 2.19. The molecule has 1 fully saturated rings. The van der Waals surface area contributed by atoms with E-state index in [4.69, 9.17) is 5.73 Å². The molecule has 0 bridgehead atoms. The van der Waals surface area contributed by atoms with Crippen molar-refractivity contribution in [2.24, 2.45) is 11.7 Å². The molecule has 2 aromatic rings. The number of benzene rings is 1. The Morgan fingerprint density at radius 2 is 1.78 bits per heavy atom. The highest BCUT2D eigenvalue weighted by molar-refractivity contribution is 7.89. The van der Waals surface area contributed by atoms with Gasteiger partial charge in [0, 0.05) is 19.0 Å². The van der Waals surface area contributed by atoms with Gasteiger partial charge < -0.3 is 11.1 Å². The van der Waals surface area contributed by atoms with Gasteiger partial charge in [-0.1, -0.05) is 17.7 Å². The van der Waals surface area contributed by atoms with E-state index >= 15 is 0 Å². The van der Waals surface area contributed by atoms with E-state index in [9.17, 15) is 18.0 Å². The van der Waals surface area contributed by atoms with Crippen molar-refractivity contribution in [3.63, 3.8) is 0 Å². The molecular formula is C18H21N3O4S2. The number of carbonyl (C=O) groups excluding carboxylic acids is 2. The molecule has 0 spiro atoms. The Balaban J connectivity index is 1.63. The summed E-state index contributed by atoms with van der Waals surface area (Å²) < 4.78 is 26.9. The van der Waals surface area contributed by atoms with Gasteiger partial charge in [-0.25, -0.2) is 8.42 Å². The van der Waals surface area contributed by atoms with Crippen LogP contribution in [0.2, 0.25) is 0 Å². The van der Waals surface area contributed by atoms with Gasteiger partial charge in [0.25, 0.3) is 5.91 Å². The fraction of sp³-hybridized carbons (Fsp3) is 0.333. The summed E-state index contributed by atoms with van der Waals surface area (Å²) in [5, 5.41) is 4.86. The topological polar surface area (TPSA) is 110 Å². The summed E-state index contributed by atoms with van der Waals surface area (Å²) in [5.74, 6) is -1.12. The van der Waals surface area contributed by atoms with Crippen LogP contribution in [0.1, 0.15) is 28.8 Å². The van der Waals surface area contributed by atoms with Crippen LogP contribution in [0.15, 0.2) is 40.6 Å². The van der Waals surface area contributed by atoms with Crippen LogP contribution in [-0.4, -0.2) is 37.6 Å². The van der Waals surface area contributed by atoms with Crippen molar-refractivity contribution in [3.05, 3.63) is 46.8 Å². The molecule has 0 unspecified atom stereocenters. The average Bonchev–Trinajstić information content (AvgIpc) is 3.10. The van der Waals surface area contributed by atoms with E-state index in [1.54, 1.807) is 35.7 Å². The van der Waals surface area contributed by atoms with E-state index in [1.807, 2.05) is 6.92 Å². The third-order valence-corrected chi connectivity index (χ3v) is 7.39. The molecule has 1 aliphatic rings. The molecule has 0 atom stereocenters. The summed E-state index contributed by atoms with van der Waals surface area (Å²) in [6, 6.07) is 8.31. The number of amides is 2. The lowest BCUT2D eigenvalue weighted by molar-refractivity contribution is -0.120. The maximum absolute atomic E-state index is 12.7. The Hall–Kier alpha value is -2.23. The van der Waals surface area contributed by atoms with Crippen LogP contribution in [0.3, 0.4) is 0 Å². The smallest absolute Gasteiger partial charge is 0.251 e. The fourth-order valence-corrected chi connectivity index (χ4v) is 5.30. The molecular weight excluding hydrogens is 386 g/mol. The monoisotopic (exact) mass is 407 g/mol. The van der Waals surface area contributed by atoms with Crippen molar-refractivity contribution in [1.82, 2.24) is 4.31 Å². The average molecular weight is 408 g/mol. The molecule has 1 aromatic carbocycles. The van der Waals surface area contributed by atoms with E-state index in [-0.39, 0.29) is 35.4 Å². The van der Waals surface area contributed by atoms with Gasteiger partial charge in [-0.3, -0.25) is 9.59 Å². The molecule has 27 heavy (non-hydrogen) atoms. The van der Waals surface area contributed by atoms with Crippen molar-refractivity contribution in [3.8, 4) is 0 Å². The molecule has 7 nitrogen and oxygen atoms in total. The number of nitrogens with zero attached hydrogens (tertiary/aromatic N) is 1. The molecule has 1 aromatic heterocycles. The highest BCUT2D eigenvalue weighted by Crippen LogP contribution is 2.27. The van der Waals surface area contributed by atoms with Gasteiger partial charge in [-0.15, -0.1) is 11.3 Å². The molecule has 0 saturated carbocycles. The van der Waals surface area contributed by atoms with Crippen molar-refractivity contribution in [2.75, 3.05) is 18.4 Å². The third-order valence-electron chi connectivity index (χ3n) is 4.65. The molecule has 0 aliphatic carbocycles. The fourth-order valence-electron chi connectivity index (χ4n) is 3.03. The Morgan fingerprint density at radius 3 is 2.37 bits per heavy atom. The number of nitrogens with one attached hydrogen (secondary N) is 1. The van der Waals surface area contributed by atoms with Crippen LogP contribution in [0, 0.1) is 12.8 Å².